The van der Waals surface area contributed by atoms with Gasteiger partial charge in [0.1, 0.15) is 11.9 Å². The van der Waals surface area contributed by atoms with Crippen molar-refractivity contribution in [3.8, 4) is 0 Å². The summed E-state index contributed by atoms with van der Waals surface area (Å²) in [6.07, 6.45) is 0.296. The standard InChI is InChI=1S/C11H16O5/c1-6(12)3-8-4-9(16-11(8)15)5-10(14)7(2)13/h4-7,10,12-14H,3H2,1-2H3/t6-,7-,10+/m0/s1. The number of carbonyl (C=O) groups is 1. The summed E-state index contributed by atoms with van der Waals surface area (Å²) in [4.78, 5) is 11.3. The molecule has 0 aromatic carbocycles. The second kappa shape index (κ2) is 5.25. The van der Waals surface area contributed by atoms with E-state index in [4.69, 9.17) is 14.9 Å². The number of rotatable bonds is 4. The number of esters is 1. The molecule has 1 heterocycles. The van der Waals surface area contributed by atoms with Gasteiger partial charge < -0.3 is 20.1 Å². The van der Waals surface area contributed by atoms with Crippen molar-refractivity contribution in [2.24, 2.45) is 0 Å². The van der Waals surface area contributed by atoms with E-state index in [1.54, 1.807) is 6.92 Å². The summed E-state index contributed by atoms with van der Waals surface area (Å²) >= 11 is 0. The molecule has 0 aliphatic carbocycles. The Kier molecular flexibility index (Phi) is 4.23. The van der Waals surface area contributed by atoms with E-state index >= 15 is 0 Å². The Morgan fingerprint density at radius 1 is 1.38 bits per heavy atom. The van der Waals surface area contributed by atoms with Gasteiger partial charge in [-0.1, -0.05) is 0 Å². The first kappa shape index (κ1) is 12.9. The lowest BCUT2D eigenvalue weighted by molar-refractivity contribution is -0.133. The van der Waals surface area contributed by atoms with Crippen LogP contribution in [0.15, 0.2) is 23.5 Å². The molecule has 0 spiro atoms. The van der Waals surface area contributed by atoms with E-state index in [0.717, 1.165) is 0 Å². The predicted octanol–water partition coefficient (Wildman–Crippen LogP) is -0.134. The van der Waals surface area contributed by atoms with E-state index < -0.39 is 24.3 Å². The van der Waals surface area contributed by atoms with Crippen LogP contribution in [0, 0.1) is 0 Å². The van der Waals surface area contributed by atoms with Crippen LogP contribution in [-0.2, 0) is 9.53 Å². The van der Waals surface area contributed by atoms with Gasteiger partial charge in [-0.15, -0.1) is 0 Å². The van der Waals surface area contributed by atoms with Crippen molar-refractivity contribution in [2.45, 2.75) is 38.6 Å². The van der Waals surface area contributed by atoms with E-state index in [-0.39, 0.29) is 12.2 Å². The molecule has 0 bridgehead atoms. The van der Waals surface area contributed by atoms with Gasteiger partial charge in [-0.3, -0.25) is 0 Å². The maximum Gasteiger partial charge on any atom is 0.339 e. The summed E-state index contributed by atoms with van der Waals surface area (Å²) < 4.78 is 4.84. The Morgan fingerprint density at radius 3 is 2.50 bits per heavy atom. The lowest BCUT2D eigenvalue weighted by Gasteiger charge is -2.08. The van der Waals surface area contributed by atoms with E-state index in [1.807, 2.05) is 0 Å². The Bertz CT molecular complexity index is 327. The zero-order valence-electron chi connectivity index (χ0n) is 9.25. The van der Waals surface area contributed by atoms with Gasteiger partial charge in [-0.25, -0.2) is 4.79 Å². The normalized spacial score (nSPS) is 23.9. The molecule has 0 fully saturated rings. The maximum absolute atomic E-state index is 11.3. The minimum atomic E-state index is -1.08. The van der Waals surface area contributed by atoms with Crippen LogP contribution in [0.1, 0.15) is 20.3 Å². The van der Waals surface area contributed by atoms with Crippen LogP contribution in [0.4, 0.5) is 0 Å². The molecule has 16 heavy (non-hydrogen) atoms. The third-order valence-corrected chi connectivity index (χ3v) is 2.13. The molecule has 0 unspecified atom stereocenters. The van der Waals surface area contributed by atoms with Gasteiger partial charge in [0.25, 0.3) is 0 Å². The maximum atomic E-state index is 11.3. The molecule has 3 atom stereocenters. The lowest BCUT2D eigenvalue weighted by atomic mass is 10.1. The third kappa shape index (κ3) is 3.44. The molecule has 90 valence electrons. The molecule has 0 radical (unpaired) electrons. The first-order chi connectivity index (χ1) is 7.40. The average Bonchev–Trinajstić information content (AvgIpc) is 2.45. The highest BCUT2D eigenvalue weighted by Crippen LogP contribution is 2.21. The van der Waals surface area contributed by atoms with Crippen molar-refractivity contribution >= 4 is 5.97 Å². The van der Waals surface area contributed by atoms with E-state index in [9.17, 15) is 9.90 Å². The van der Waals surface area contributed by atoms with Crippen molar-refractivity contribution in [1.29, 1.82) is 0 Å². The van der Waals surface area contributed by atoms with E-state index in [2.05, 4.69) is 0 Å². The fraction of sp³-hybridized carbons (Fsp3) is 0.545. The summed E-state index contributed by atoms with van der Waals surface area (Å²) in [6, 6.07) is 0. The molecule has 5 nitrogen and oxygen atoms in total. The van der Waals surface area contributed by atoms with Crippen molar-refractivity contribution in [3.05, 3.63) is 23.5 Å². The SMILES string of the molecule is C[C@H](O)CC1=CC(=C[C@@H](O)[C@H](C)O)OC1=O. The fourth-order valence-corrected chi connectivity index (χ4v) is 1.28. The summed E-state index contributed by atoms with van der Waals surface area (Å²) in [7, 11) is 0. The smallest absolute Gasteiger partial charge is 0.339 e. The molecule has 1 rings (SSSR count). The zero-order chi connectivity index (χ0) is 12.3. The van der Waals surface area contributed by atoms with Crippen LogP contribution in [0.25, 0.3) is 0 Å². The quantitative estimate of drug-likeness (QED) is 0.583. The topological polar surface area (TPSA) is 87.0 Å². The molecule has 5 heteroatoms. The Morgan fingerprint density at radius 2 is 2.00 bits per heavy atom. The van der Waals surface area contributed by atoms with Gasteiger partial charge in [0.05, 0.1) is 12.2 Å². The highest BCUT2D eigenvalue weighted by molar-refractivity contribution is 5.92. The number of carbonyl (C=O) groups excluding carboxylic acids is 1. The van der Waals surface area contributed by atoms with E-state index in [0.29, 0.717) is 5.57 Å². The third-order valence-electron chi connectivity index (χ3n) is 2.13. The molecule has 3 N–H and O–H groups in total. The van der Waals surface area contributed by atoms with Crippen LogP contribution in [0.2, 0.25) is 0 Å². The first-order valence-electron chi connectivity index (χ1n) is 5.09. The number of cyclic esters (lactones) is 1. The molecule has 0 aromatic heterocycles. The molecule has 0 saturated heterocycles. The van der Waals surface area contributed by atoms with Gasteiger partial charge in [-0.2, -0.15) is 0 Å². The van der Waals surface area contributed by atoms with Crippen LogP contribution >= 0.6 is 0 Å². The number of hydrogen-bond acceptors (Lipinski definition) is 5. The number of aliphatic hydroxyl groups excluding tert-OH is 3. The number of allylic oxidation sites excluding steroid dienone is 1. The molecule has 0 saturated carbocycles. The molecular formula is C11H16O5. The Balaban J connectivity index is 2.73. The van der Waals surface area contributed by atoms with Crippen LogP contribution in [-0.4, -0.2) is 39.6 Å². The summed E-state index contributed by atoms with van der Waals surface area (Å²) in [5, 5.41) is 27.5. The minimum Gasteiger partial charge on any atom is -0.423 e. The lowest BCUT2D eigenvalue weighted by Crippen LogP contribution is -2.20. The van der Waals surface area contributed by atoms with E-state index in [1.165, 1.54) is 19.1 Å². The molecule has 1 aliphatic heterocycles. The van der Waals surface area contributed by atoms with Crippen LogP contribution < -0.4 is 0 Å². The van der Waals surface area contributed by atoms with Gasteiger partial charge in [0.15, 0.2) is 0 Å². The first-order valence-corrected chi connectivity index (χ1v) is 5.09. The van der Waals surface area contributed by atoms with Crippen molar-refractivity contribution in [1.82, 2.24) is 0 Å². The summed E-state index contributed by atoms with van der Waals surface area (Å²) in [5.74, 6) is -0.320. The summed E-state index contributed by atoms with van der Waals surface area (Å²) in [5.41, 5.74) is 0.360. The monoisotopic (exact) mass is 228 g/mol. The average molecular weight is 228 g/mol. The summed E-state index contributed by atoms with van der Waals surface area (Å²) in [6.45, 7) is 3.00. The second-order valence-corrected chi connectivity index (χ2v) is 3.91. The Labute approximate surface area is 93.7 Å². The number of hydrogen-bond donors (Lipinski definition) is 3. The zero-order valence-corrected chi connectivity index (χ0v) is 9.25. The van der Waals surface area contributed by atoms with Crippen molar-refractivity contribution in [2.75, 3.05) is 0 Å². The van der Waals surface area contributed by atoms with Crippen molar-refractivity contribution < 1.29 is 24.9 Å². The van der Waals surface area contributed by atoms with Gasteiger partial charge in [0.2, 0.25) is 0 Å². The predicted molar refractivity (Wildman–Crippen MR) is 56.2 cm³/mol. The van der Waals surface area contributed by atoms with Gasteiger partial charge in [-0.05, 0) is 26.0 Å². The minimum absolute atomic E-state index is 0.203. The van der Waals surface area contributed by atoms with Gasteiger partial charge in [0, 0.05) is 12.0 Å². The fourth-order valence-electron chi connectivity index (χ4n) is 1.28. The largest absolute Gasteiger partial charge is 0.423 e. The Hall–Kier alpha value is -1.17. The highest BCUT2D eigenvalue weighted by Gasteiger charge is 2.23. The van der Waals surface area contributed by atoms with Crippen LogP contribution in [0.3, 0.4) is 0 Å². The van der Waals surface area contributed by atoms with Crippen LogP contribution in [0.5, 0.6) is 0 Å². The molecular weight excluding hydrogens is 212 g/mol. The highest BCUT2D eigenvalue weighted by atomic mass is 16.5. The number of ether oxygens (including phenoxy) is 1. The molecule has 0 aromatic rings. The molecule has 0 amide bonds. The van der Waals surface area contributed by atoms with Gasteiger partial charge >= 0.3 is 5.97 Å². The molecule has 1 aliphatic rings. The number of aliphatic hydroxyl groups is 3. The van der Waals surface area contributed by atoms with Crippen molar-refractivity contribution in [3.63, 3.8) is 0 Å². The second-order valence-electron chi connectivity index (χ2n) is 3.91.